The Balaban J connectivity index is 4.11. The number of aliphatic hydroxyl groups is 1. The smallest absolute Gasteiger partial charge is 0.265 e. The maximum Gasteiger partial charge on any atom is 0.265 e. The molecule has 14 heavy (non-hydrogen) atoms. The van der Waals surface area contributed by atoms with Crippen LogP contribution in [0.5, 0.6) is 0 Å². The van der Waals surface area contributed by atoms with Crippen molar-refractivity contribution in [2.75, 3.05) is 27.2 Å². The van der Waals surface area contributed by atoms with E-state index in [4.69, 9.17) is 10.4 Å². The Morgan fingerprint density at radius 2 is 2.14 bits per heavy atom. The minimum atomic E-state index is -0.533. The molecule has 0 saturated carbocycles. The number of carbonyl (C=O) groups is 1. The van der Waals surface area contributed by atoms with Crippen molar-refractivity contribution < 1.29 is 9.90 Å². The van der Waals surface area contributed by atoms with E-state index in [-0.39, 0.29) is 11.3 Å². The molecule has 0 saturated heterocycles. The highest BCUT2D eigenvalue weighted by atomic mass is 16.3. The van der Waals surface area contributed by atoms with Gasteiger partial charge in [-0.1, -0.05) is 0 Å². The van der Waals surface area contributed by atoms with E-state index in [9.17, 15) is 4.79 Å². The van der Waals surface area contributed by atoms with E-state index >= 15 is 0 Å². The summed E-state index contributed by atoms with van der Waals surface area (Å²) in [7, 11) is 3.76. The Hall–Kier alpha value is -1.54. The van der Waals surface area contributed by atoms with Crippen LogP contribution in [0, 0.1) is 11.3 Å². The largest absolute Gasteiger partial charge is 0.511 e. The van der Waals surface area contributed by atoms with Crippen LogP contribution in [0.4, 0.5) is 0 Å². The van der Waals surface area contributed by atoms with Gasteiger partial charge in [-0.05, 0) is 21.0 Å². The zero-order valence-electron chi connectivity index (χ0n) is 8.66. The molecule has 0 atom stereocenters. The number of allylic oxidation sites excluding steroid dienone is 1. The highest BCUT2D eigenvalue weighted by molar-refractivity contribution is 5.97. The number of nitrogens with one attached hydrogen (secondary N) is 1. The quantitative estimate of drug-likeness (QED) is 0.378. The van der Waals surface area contributed by atoms with E-state index in [1.807, 2.05) is 19.0 Å². The first-order chi connectivity index (χ1) is 6.49. The molecule has 0 aliphatic carbocycles. The van der Waals surface area contributed by atoms with Gasteiger partial charge in [0.1, 0.15) is 11.8 Å². The molecule has 0 bridgehead atoms. The third kappa shape index (κ3) is 4.48. The number of likely N-dealkylation sites (N-methyl/N-ethyl adjacent to an activating group) is 1. The van der Waals surface area contributed by atoms with Crippen molar-refractivity contribution in [3.8, 4) is 6.07 Å². The van der Waals surface area contributed by atoms with Crippen LogP contribution in [0.1, 0.15) is 6.92 Å². The minimum absolute atomic E-state index is 0.233. The molecule has 78 valence electrons. The van der Waals surface area contributed by atoms with Crippen molar-refractivity contribution >= 4 is 5.91 Å². The lowest BCUT2D eigenvalue weighted by Crippen LogP contribution is -2.32. The molecule has 0 aromatic rings. The summed E-state index contributed by atoms with van der Waals surface area (Å²) in [6.07, 6.45) is 0. The van der Waals surface area contributed by atoms with Gasteiger partial charge in [0.25, 0.3) is 5.91 Å². The number of rotatable bonds is 4. The molecule has 0 aliphatic rings. The number of carbonyl (C=O) groups excluding carboxylic acids is 1. The molecule has 0 aromatic heterocycles. The average Bonchev–Trinajstić information content (AvgIpc) is 2.03. The van der Waals surface area contributed by atoms with E-state index in [0.717, 1.165) is 0 Å². The SMILES string of the molecule is C/C(O)=C(\C#N)C(=O)NCCN(C)C. The molecule has 5 nitrogen and oxygen atoms in total. The van der Waals surface area contributed by atoms with Gasteiger partial charge in [0.15, 0.2) is 5.57 Å². The van der Waals surface area contributed by atoms with Crippen molar-refractivity contribution in [3.63, 3.8) is 0 Å². The van der Waals surface area contributed by atoms with Gasteiger partial charge < -0.3 is 15.3 Å². The van der Waals surface area contributed by atoms with E-state index < -0.39 is 5.91 Å². The van der Waals surface area contributed by atoms with Crippen molar-refractivity contribution in [1.82, 2.24) is 10.2 Å². The summed E-state index contributed by atoms with van der Waals surface area (Å²) in [5.41, 5.74) is -0.233. The predicted molar refractivity (Wildman–Crippen MR) is 52.5 cm³/mol. The maximum absolute atomic E-state index is 11.2. The fourth-order valence-electron chi connectivity index (χ4n) is 0.777. The molecule has 0 aliphatic heterocycles. The molecular weight excluding hydrogens is 182 g/mol. The Morgan fingerprint density at radius 1 is 1.57 bits per heavy atom. The Labute approximate surface area is 83.6 Å². The molecule has 0 unspecified atom stereocenters. The average molecular weight is 197 g/mol. The fraction of sp³-hybridized carbons (Fsp3) is 0.556. The standard InChI is InChI=1S/C9H15N3O2/c1-7(13)8(6-10)9(14)11-4-5-12(2)3/h13H,4-5H2,1-3H3,(H,11,14)/b8-7-. The Bertz CT molecular complexity index is 272. The van der Waals surface area contributed by atoms with Gasteiger partial charge in [-0.25, -0.2) is 0 Å². The lowest BCUT2D eigenvalue weighted by atomic mass is 10.2. The number of amides is 1. The summed E-state index contributed by atoms with van der Waals surface area (Å²) in [6.45, 7) is 2.45. The molecule has 0 aromatic carbocycles. The molecule has 1 amide bonds. The molecule has 0 fully saturated rings. The molecule has 5 heteroatoms. The zero-order valence-corrected chi connectivity index (χ0v) is 8.66. The van der Waals surface area contributed by atoms with Gasteiger partial charge in [0.05, 0.1) is 0 Å². The van der Waals surface area contributed by atoms with E-state index in [0.29, 0.717) is 13.1 Å². The van der Waals surface area contributed by atoms with Crippen LogP contribution in [0.15, 0.2) is 11.3 Å². The van der Waals surface area contributed by atoms with Crippen molar-refractivity contribution in [2.45, 2.75) is 6.92 Å². The molecule has 0 rings (SSSR count). The van der Waals surface area contributed by atoms with Crippen LogP contribution in [0.3, 0.4) is 0 Å². The van der Waals surface area contributed by atoms with Gasteiger partial charge in [-0.3, -0.25) is 4.79 Å². The molecule has 0 radical (unpaired) electrons. The van der Waals surface area contributed by atoms with E-state index in [2.05, 4.69) is 5.32 Å². The third-order valence-corrected chi connectivity index (χ3v) is 1.55. The first-order valence-corrected chi connectivity index (χ1v) is 4.22. The Kier molecular flexibility index (Phi) is 5.34. The highest BCUT2D eigenvalue weighted by Gasteiger charge is 2.11. The molecule has 2 N–H and O–H groups in total. The van der Waals surface area contributed by atoms with Crippen LogP contribution in [-0.2, 0) is 4.79 Å². The monoisotopic (exact) mass is 197 g/mol. The molecular formula is C9H15N3O2. The number of hydrogen-bond acceptors (Lipinski definition) is 4. The van der Waals surface area contributed by atoms with Crippen molar-refractivity contribution in [3.05, 3.63) is 11.3 Å². The zero-order chi connectivity index (χ0) is 11.1. The van der Waals surface area contributed by atoms with E-state index in [1.165, 1.54) is 6.92 Å². The summed E-state index contributed by atoms with van der Waals surface area (Å²) in [5.74, 6) is -0.788. The van der Waals surface area contributed by atoms with Gasteiger partial charge in [-0.2, -0.15) is 5.26 Å². The second-order valence-electron chi connectivity index (χ2n) is 3.13. The molecule has 0 spiro atoms. The summed E-state index contributed by atoms with van der Waals surface area (Å²) in [4.78, 5) is 13.1. The number of aliphatic hydroxyl groups excluding tert-OH is 1. The normalized spacial score (nSPS) is 11.9. The van der Waals surface area contributed by atoms with Gasteiger partial charge >= 0.3 is 0 Å². The van der Waals surface area contributed by atoms with Crippen LogP contribution in [-0.4, -0.2) is 43.1 Å². The van der Waals surface area contributed by atoms with Gasteiger partial charge in [0, 0.05) is 13.1 Å². The number of hydrogen-bond donors (Lipinski definition) is 2. The second kappa shape index (κ2) is 6.00. The second-order valence-corrected chi connectivity index (χ2v) is 3.13. The summed E-state index contributed by atoms with van der Waals surface area (Å²) < 4.78 is 0. The minimum Gasteiger partial charge on any atom is -0.511 e. The first-order valence-electron chi connectivity index (χ1n) is 4.22. The fourth-order valence-corrected chi connectivity index (χ4v) is 0.777. The summed E-state index contributed by atoms with van der Waals surface area (Å²) >= 11 is 0. The molecule has 0 heterocycles. The Morgan fingerprint density at radius 3 is 2.50 bits per heavy atom. The van der Waals surface area contributed by atoms with Gasteiger partial charge in [0.2, 0.25) is 0 Å². The topological polar surface area (TPSA) is 76.4 Å². The lowest BCUT2D eigenvalue weighted by molar-refractivity contribution is -0.117. The number of nitriles is 1. The number of nitrogens with zero attached hydrogens (tertiary/aromatic N) is 2. The van der Waals surface area contributed by atoms with E-state index in [1.54, 1.807) is 6.07 Å². The summed E-state index contributed by atoms with van der Waals surface area (Å²) in [5, 5.41) is 20.0. The third-order valence-electron chi connectivity index (χ3n) is 1.55. The predicted octanol–water partition coefficient (Wildman–Crippen LogP) is 0.0198. The van der Waals surface area contributed by atoms with Crippen LogP contribution in [0.25, 0.3) is 0 Å². The van der Waals surface area contributed by atoms with Gasteiger partial charge in [-0.15, -0.1) is 0 Å². The van der Waals surface area contributed by atoms with Crippen LogP contribution >= 0.6 is 0 Å². The van der Waals surface area contributed by atoms with Crippen molar-refractivity contribution in [2.24, 2.45) is 0 Å². The van der Waals surface area contributed by atoms with Crippen LogP contribution in [0.2, 0.25) is 0 Å². The summed E-state index contributed by atoms with van der Waals surface area (Å²) in [6, 6.07) is 1.64. The highest BCUT2D eigenvalue weighted by Crippen LogP contribution is 1.98. The maximum atomic E-state index is 11.2. The first kappa shape index (κ1) is 12.5. The lowest BCUT2D eigenvalue weighted by Gasteiger charge is -2.09. The van der Waals surface area contributed by atoms with Crippen molar-refractivity contribution in [1.29, 1.82) is 5.26 Å². The van der Waals surface area contributed by atoms with Crippen LogP contribution < -0.4 is 5.32 Å².